The van der Waals surface area contributed by atoms with Crippen molar-refractivity contribution in [3.05, 3.63) is 66.2 Å². The van der Waals surface area contributed by atoms with E-state index in [9.17, 15) is 9.59 Å². The van der Waals surface area contributed by atoms with Crippen LogP contribution in [0.3, 0.4) is 0 Å². The number of rotatable bonds is 5. The number of anilines is 1. The fraction of sp³-hybridized carbons (Fsp3) is 0.364. The Balaban J connectivity index is 1.27. The number of benzene rings is 2. The molecule has 0 N–H and O–H groups in total. The average molecular weight is 364 g/mol. The van der Waals surface area contributed by atoms with Gasteiger partial charge in [0, 0.05) is 31.9 Å². The fourth-order valence-electron chi connectivity index (χ4n) is 3.70. The van der Waals surface area contributed by atoms with Crippen LogP contribution in [0.4, 0.5) is 5.69 Å². The number of carbonyl (C=O) groups excluding carboxylic acids is 2. The number of piperazine rings is 1. The molecule has 2 aromatic carbocycles. The number of amides is 1. The molecule has 1 saturated heterocycles. The van der Waals surface area contributed by atoms with Gasteiger partial charge in [-0.3, -0.25) is 9.59 Å². The van der Waals surface area contributed by atoms with E-state index < -0.39 is 5.41 Å². The van der Waals surface area contributed by atoms with Crippen LogP contribution in [0.2, 0.25) is 0 Å². The van der Waals surface area contributed by atoms with Gasteiger partial charge in [-0.15, -0.1) is 0 Å². The number of esters is 1. The van der Waals surface area contributed by atoms with Gasteiger partial charge in [-0.05, 0) is 30.5 Å². The van der Waals surface area contributed by atoms with Crippen LogP contribution < -0.4 is 4.90 Å². The molecular weight excluding hydrogens is 340 g/mol. The van der Waals surface area contributed by atoms with Gasteiger partial charge < -0.3 is 14.5 Å². The first kappa shape index (κ1) is 17.6. The van der Waals surface area contributed by atoms with Gasteiger partial charge in [0.15, 0.2) is 6.61 Å². The molecular formula is C22H24N2O3. The minimum atomic E-state index is -0.534. The second-order valence-corrected chi connectivity index (χ2v) is 7.23. The predicted octanol–water partition coefficient (Wildman–Crippen LogP) is 2.61. The zero-order chi connectivity index (χ0) is 18.7. The molecule has 27 heavy (non-hydrogen) atoms. The molecule has 0 aromatic heterocycles. The van der Waals surface area contributed by atoms with E-state index in [1.54, 1.807) is 4.90 Å². The van der Waals surface area contributed by atoms with Crippen molar-refractivity contribution in [1.82, 2.24) is 4.90 Å². The molecule has 5 nitrogen and oxygen atoms in total. The zero-order valence-electron chi connectivity index (χ0n) is 15.3. The maximum absolute atomic E-state index is 12.6. The van der Waals surface area contributed by atoms with Crippen molar-refractivity contribution >= 4 is 17.6 Å². The van der Waals surface area contributed by atoms with Crippen molar-refractivity contribution in [2.75, 3.05) is 37.7 Å². The third-order valence-corrected chi connectivity index (χ3v) is 5.55. The van der Waals surface area contributed by atoms with Gasteiger partial charge in [-0.2, -0.15) is 0 Å². The molecule has 1 heterocycles. The summed E-state index contributed by atoms with van der Waals surface area (Å²) in [5, 5.41) is 0. The van der Waals surface area contributed by atoms with Crippen molar-refractivity contribution in [3.63, 3.8) is 0 Å². The maximum Gasteiger partial charge on any atom is 0.317 e. The van der Waals surface area contributed by atoms with Crippen molar-refractivity contribution in [2.24, 2.45) is 0 Å². The third-order valence-electron chi connectivity index (χ3n) is 5.55. The van der Waals surface area contributed by atoms with E-state index in [4.69, 9.17) is 4.74 Å². The molecule has 1 saturated carbocycles. The number of carbonyl (C=O) groups is 2. The maximum atomic E-state index is 12.6. The average Bonchev–Trinajstić information content (AvgIpc) is 3.55. The monoisotopic (exact) mass is 364 g/mol. The lowest BCUT2D eigenvalue weighted by atomic mass is 9.96. The van der Waals surface area contributed by atoms with Crippen LogP contribution in [-0.4, -0.2) is 49.6 Å². The van der Waals surface area contributed by atoms with Gasteiger partial charge in [0.05, 0.1) is 5.41 Å². The van der Waals surface area contributed by atoms with Gasteiger partial charge >= 0.3 is 5.97 Å². The van der Waals surface area contributed by atoms with E-state index in [1.807, 2.05) is 48.5 Å². The van der Waals surface area contributed by atoms with Crippen LogP contribution in [0, 0.1) is 0 Å². The van der Waals surface area contributed by atoms with E-state index >= 15 is 0 Å². The SMILES string of the molecule is O=C(COC(=O)C1(c2ccccc2)CC1)N1CCN(c2ccccc2)CC1. The summed E-state index contributed by atoms with van der Waals surface area (Å²) in [6.45, 7) is 2.71. The third kappa shape index (κ3) is 3.68. The van der Waals surface area contributed by atoms with Crippen LogP contribution in [0.5, 0.6) is 0 Å². The highest BCUT2D eigenvalue weighted by Crippen LogP contribution is 2.49. The lowest BCUT2D eigenvalue weighted by molar-refractivity contribution is -0.154. The summed E-state index contributed by atoms with van der Waals surface area (Å²) in [6.07, 6.45) is 1.58. The smallest absolute Gasteiger partial charge is 0.317 e. The first-order valence-electron chi connectivity index (χ1n) is 9.50. The predicted molar refractivity (Wildman–Crippen MR) is 104 cm³/mol. The Bertz CT molecular complexity index is 795. The molecule has 5 heteroatoms. The highest BCUT2D eigenvalue weighted by atomic mass is 16.5. The topological polar surface area (TPSA) is 49.9 Å². The lowest BCUT2D eigenvalue weighted by Crippen LogP contribution is -2.50. The van der Waals surface area contributed by atoms with E-state index in [1.165, 1.54) is 5.69 Å². The molecule has 1 amide bonds. The molecule has 0 radical (unpaired) electrons. The van der Waals surface area contributed by atoms with Crippen LogP contribution in [0.25, 0.3) is 0 Å². The van der Waals surface area contributed by atoms with Gasteiger partial charge in [0.25, 0.3) is 5.91 Å². The molecule has 0 atom stereocenters. The number of ether oxygens (including phenoxy) is 1. The second kappa shape index (κ2) is 7.43. The highest BCUT2D eigenvalue weighted by Gasteiger charge is 2.52. The Hall–Kier alpha value is -2.82. The van der Waals surface area contributed by atoms with Crippen LogP contribution in [0.1, 0.15) is 18.4 Å². The summed E-state index contributed by atoms with van der Waals surface area (Å²) in [5.41, 5.74) is 1.63. The van der Waals surface area contributed by atoms with Crippen molar-refractivity contribution in [2.45, 2.75) is 18.3 Å². The molecule has 140 valence electrons. The van der Waals surface area contributed by atoms with E-state index in [-0.39, 0.29) is 18.5 Å². The Morgan fingerprint density at radius 2 is 1.44 bits per heavy atom. The van der Waals surface area contributed by atoms with Gasteiger partial charge in [-0.25, -0.2) is 0 Å². The molecule has 0 spiro atoms. The van der Waals surface area contributed by atoms with Crippen molar-refractivity contribution in [1.29, 1.82) is 0 Å². The van der Waals surface area contributed by atoms with Crippen LogP contribution >= 0.6 is 0 Å². The van der Waals surface area contributed by atoms with E-state index in [0.717, 1.165) is 31.5 Å². The summed E-state index contributed by atoms with van der Waals surface area (Å²) in [5.74, 6) is -0.384. The summed E-state index contributed by atoms with van der Waals surface area (Å²) < 4.78 is 5.41. The molecule has 2 aliphatic rings. The molecule has 1 aliphatic heterocycles. The van der Waals surface area contributed by atoms with Gasteiger partial charge in [0.1, 0.15) is 0 Å². The molecule has 2 fully saturated rings. The normalized spacial score (nSPS) is 18.1. The second-order valence-electron chi connectivity index (χ2n) is 7.23. The first-order valence-corrected chi connectivity index (χ1v) is 9.50. The molecule has 1 aliphatic carbocycles. The Labute approximate surface area is 159 Å². The van der Waals surface area contributed by atoms with Crippen LogP contribution in [0.15, 0.2) is 60.7 Å². The van der Waals surface area contributed by atoms with Crippen molar-refractivity contribution in [3.8, 4) is 0 Å². The number of hydrogen-bond donors (Lipinski definition) is 0. The number of hydrogen-bond acceptors (Lipinski definition) is 4. The van der Waals surface area contributed by atoms with Crippen LogP contribution in [-0.2, 0) is 19.7 Å². The molecule has 2 aromatic rings. The fourth-order valence-corrected chi connectivity index (χ4v) is 3.70. The Morgan fingerprint density at radius 1 is 0.852 bits per heavy atom. The van der Waals surface area contributed by atoms with Gasteiger partial charge in [0.2, 0.25) is 0 Å². The summed E-state index contributed by atoms with van der Waals surface area (Å²) >= 11 is 0. The number of para-hydroxylation sites is 1. The van der Waals surface area contributed by atoms with Gasteiger partial charge in [-0.1, -0.05) is 48.5 Å². The molecule has 0 bridgehead atoms. The standard InChI is InChI=1S/C22H24N2O3/c25-20(24-15-13-23(14-16-24)19-9-5-2-6-10-19)17-27-21(26)22(11-12-22)18-7-3-1-4-8-18/h1-10H,11-17H2. The molecule has 0 unspecified atom stereocenters. The van der Waals surface area contributed by atoms with Crippen molar-refractivity contribution < 1.29 is 14.3 Å². The first-order chi connectivity index (χ1) is 13.2. The zero-order valence-corrected chi connectivity index (χ0v) is 15.3. The highest BCUT2D eigenvalue weighted by molar-refractivity contribution is 5.89. The van der Waals surface area contributed by atoms with E-state index in [2.05, 4.69) is 17.0 Å². The number of nitrogens with zero attached hydrogens (tertiary/aromatic N) is 2. The lowest BCUT2D eigenvalue weighted by Gasteiger charge is -2.36. The summed E-state index contributed by atoms with van der Waals surface area (Å²) in [6, 6.07) is 19.9. The minimum Gasteiger partial charge on any atom is -0.455 e. The summed E-state index contributed by atoms with van der Waals surface area (Å²) in [4.78, 5) is 29.1. The Morgan fingerprint density at radius 3 is 2.04 bits per heavy atom. The Kier molecular flexibility index (Phi) is 4.84. The largest absolute Gasteiger partial charge is 0.455 e. The quantitative estimate of drug-likeness (QED) is 0.766. The molecule has 4 rings (SSSR count). The summed E-state index contributed by atoms with van der Waals surface area (Å²) in [7, 11) is 0. The minimum absolute atomic E-state index is 0.111. The van der Waals surface area contributed by atoms with E-state index in [0.29, 0.717) is 13.1 Å².